The molecule has 0 spiro atoms. The highest BCUT2D eigenvalue weighted by molar-refractivity contribution is 8.00. The summed E-state index contributed by atoms with van der Waals surface area (Å²) in [5, 5.41) is 17.4. The van der Waals surface area contributed by atoms with Crippen molar-refractivity contribution in [1.29, 1.82) is 0 Å². The monoisotopic (exact) mass is 471 g/mol. The molecule has 10 heteroatoms. The number of hydrogen-bond donors (Lipinski definition) is 4. The number of carbonyl (C=O) groups excluding carboxylic acids is 1. The van der Waals surface area contributed by atoms with Gasteiger partial charge in [-0.05, 0) is 49.2 Å². The quantitative estimate of drug-likeness (QED) is 0.390. The van der Waals surface area contributed by atoms with Crippen molar-refractivity contribution in [3.63, 3.8) is 0 Å². The molecule has 172 valence electrons. The largest absolute Gasteiger partial charge is 0.395 e. The third-order valence-electron chi connectivity index (χ3n) is 5.16. The van der Waals surface area contributed by atoms with Gasteiger partial charge in [-0.25, -0.2) is 23.5 Å². The molecule has 4 rings (SSSR count). The van der Waals surface area contributed by atoms with Crippen molar-refractivity contribution in [2.45, 2.75) is 22.5 Å². The van der Waals surface area contributed by atoms with Crippen molar-refractivity contribution in [3.8, 4) is 11.4 Å². The normalized spacial score (nSPS) is 13.9. The van der Waals surface area contributed by atoms with Crippen LogP contribution in [-0.2, 0) is 4.75 Å². The van der Waals surface area contributed by atoms with Gasteiger partial charge in [0.25, 0.3) is 0 Å². The Hall–Kier alpha value is -3.24. The SMILES string of the molecule is CNC(=O)Nc1ccc(-c2nc(NCCO)cc(C3(Sc4c(F)cccc4F)CC3)n2)cc1. The molecule has 33 heavy (non-hydrogen) atoms. The van der Waals surface area contributed by atoms with Crippen LogP contribution < -0.4 is 16.0 Å². The van der Waals surface area contributed by atoms with Gasteiger partial charge < -0.3 is 21.1 Å². The Kier molecular flexibility index (Phi) is 6.75. The van der Waals surface area contributed by atoms with Crippen molar-refractivity contribution in [1.82, 2.24) is 15.3 Å². The minimum atomic E-state index is -0.599. The van der Waals surface area contributed by atoms with Gasteiger partial charge in [0.05, 0.1) is 21.9 Å². The fourth-order valence-electron chi connectivity index (χ4n) is 3.28. The Bertz CT molecular complexity index is 1140. The molecule has 1 aliphatic carbocycles. The molecule has 1 aliphatic rings. The topological polar surface area (TPSA) is 99.2 Å². The van der Waals surface area contributed by atoms with E-state index in [1.807, 2.05) is 0 Å². The highest BCUT2D eigenvalue weighted by atomic mass is 32.2. The summed E-state index contributed by atoms with van der Waals surface area (Å²) < 4.78 is 28.0. The smallest absolute Gasteiger partial charge is 0.318 e. The van der Waals surface area contributed by atoms with E-state index in [0.717, 1.165) is 24.6 Å². The Balaban J connectivity index is 1.68. The molecular formula is C23H23F2N5O2S. The van der Waals surface area contributed by atoms with E-state index in [9.17, 15) is 18.7 Å². The molecule has 0 aliphatic heterocycles. The summed E-state index contributed by atoms with van der Waals surface area (Å²) in [6, 6.07) is 12.3. The maximum absolute atomic E-state index is 14.3. The van der Waals surface area contributed by atoms with Gasteiger partial charge in [0.1, 0.15) is 17.5 Å². The van der Waals surface area contributed by atoms with Crippen LogP contribution in [-0.4, -0.2) is 41.3 Å². The number of urea groups is 1. The van der Waals surface area contributed by atoms with Crippen LogP contribution in [0.1, 0.15) is 18.5 Å². The maximum atomic E-state index is 14.3. The molecule has 0 saturated heterocycles. The lowest BCUT2D eigenvalue weighted by molar-refractivity contribution is 0.254. The van der Waals surface area contributed by atoms with Crippen LogP contribution in [0.5, 0.6) is 0 Å². The van der Waals surface area contributed by atoms with Crippen LogP contribution in [0, 0.1) is 11.6 Å². The van der Waals surface area contributed by atoms with Crippen LogP contribution in [0.2, 0.25) is 0 Å². The third kappa shape index (κ3) is 5.23. The molecule has 7 nitrogen and oxygen atoms in total. The van der Waals surface area contributed by atoms with E-state index in [4.69, 9.17) is 4.98 Å². The summed E-state index contributed by atoms with van der Waals surface area (Å²) in [7, 11) is 1.53. The predicted octanol–water partition coefficient (Wildman–Crippen LogP) is 4.36. The van der Waals surface area contributed by atoms with Gasteiger partial charge in [-0.15, -0.1) is 11.8 Å². The first kappa shape index (κ1) is 22.9. The van der Waals surface area contributed by atoms with Gasteiger partial charge in [-0.1, -0.05) is 6.07 Å². The van der Waals surface area contributed by atoms with Gasteiger partial charge in [0.15, 0.2) is 5.82 Å². The number of aliphatic hydroxyl groups is 1. The molecule has 0 bridgehead atoms. The Morgan fingerprint density at radius 1 is 1.12 bits per heavy atom. The average molecular weight is 472 g/mol. The van der Waals surface area contributed by atoms with E-state index in [0.29, 0.717) is 35.1 Å². The zero-order valence-electron chi connectivity index (χ0n) is 17.9. The lowest BCUT2D eigenvalue weighted by Crippen LogP contribution is -2.24. The number of halogens is 2. The highest BCUT2D eigenvalue weighted by Crippen LogP contribution is 2.60. The Labute approximate surface area is 194 Å². The summed E-state index contributed by atoms with van der Waals surface area (Å²) in [4.78, 5) is 20.8. The maximum Gasteiger partial charge on any atom is 0.318 e. The number of thioether (sulfide) groups is 1. The number of benzene rings is 2. The predicted molar refractivity (Wildman–Crippen MR) is 124 cm³/mol. The first-order chi connectivity index (χ1) is 15.9. The van der Waals surface area contributed by atoms with Crippen LogP contribution in [0.3, 0.4) is 0 Å². The zero-order chi connectivity index (χ0) is 23.4. The van der Waals surface area contributed by atoms with Gasteiger partial charge in [0.2, 0.25) is 0 Å². The number of nitrogens with one attached hydrogen (secondary N) is 3. The molecule has 3 aromatic rings. The number of aliphatic hydroxyl groups excluding tert-OH is 1. The molecule has 1 heterocycles. The number of carbonyl (C=O) groups is 1. The zero-order valence-corrected chi connectivity index (χ0v) is 18.7. The number of amides is 2. The summed E-state index contributed by atoms with van der Waals surface area (Å²) in [5.41, 5.74) is 1.98. The first-order valence-corrected chi connectivity index (χ1v) is 11.2. The van der Waals surface area contributed by atoms with E-state index in [1.54, 1.807) is 30.3 Å². The van der Waals surface area contributed by atoms with Crippen molar-refractivity contribution < 1.29 is 18.7 Å². The number of hydrogen-bond acceptors (Lipinski definition) is 6. The van der Waals surface area contributed by atoms with Crippen molar-refractivity contribution in [2.24, 2.45) is 0 Å². The molecule has 1 aromatic heterocycles. The fraction of sp³-hybridized carbons (Fsp3) is 0.261. The molecule has 2 amide bonds. The van der Waals surface area contributed by atoms with E-state index in [-0.39, 0.29) is 17.5 Å². The summed E-state index contributed by atoms with van der Waals surface area (Å²) in [5.74, 6) is -0.255. The number of rotatable bonds is 8. The van der Waals surface area contributed by atoms with Crippen molar-refractivity contribution in [2.75, 3.05) is 30.8 Å². The molecule has 0 atom stereocenters. The summed E-state index contributed by atoms with van der Waals surface area (Å²) in [6.07, 6.45) is 1.44. The second-order valence-corrected chi connectivity index (χ2v) is 8.93. The summed E-state index contributed by atoms with van der Waals surface area (Å²) in [6.45, 7) is 0.224. The van der Waals surface area contributed by atoms with Crippen LogP contribution in [0.4, 0.5) is 25.1 Å². The Morgan fingerprint density at radius 3 is 2.42 bits per heavy atom. The Morgan fingerprint density at radius 2 is 1.82 bits per heavy atom. The molecular weight excluding hydrogens is 448 g/mol. The van der Waals surface area contributed by atoms with E-state index in [1.165, 1.54) is 25.2 Å². The minimum Gasteiger partial charge on any atom is -0.395 e. The van der Waals surface area contributed by atoms with Gasteiger partial charge in [0, 0.05) is 30.9 Å². The average Bonchev–Trinajstić information content (AvgIpc) is 3.61. The fourth-order valence-corrected chi connectivity index (χ4v) is 4.52. The number of anilines is 2. The number of nitrogens with zero attached hydrogens (tertiary/aromatic N) is 2. The van der Waals surface area contributed by atoms with E-state index < -0.39 is 16.4 Å². The first-order valence-electron chi connectivity index (χ1n) is 10.4. The lowest BCUT2D eigenvalue weighted by Gasteiger charge is -2.18. The number of aromatic nitrogens is 2. The molecule has 2 aromatic carbocycles. The second kappa shape index (κ2) is 9.72. The van der Waals surface area contributed by atoms with E-state index in [2.05, 4.69) is 20.9 Å². The molecule has 4 N–H and O–H groups in total. The standard InChI is InChI=1S/C23H23F2N5O2S/c1-26-22(32)28-15-7-5-14(6-8-15)21-29-18(13-19(30-21)27-11-12-31)23(9-10-23)33-20-16(24)3-2-4-17(20)25/h2-8,13,31H,9-12H2,1H3,(H2,26,28,32)(H,27,29,30). The van der Waals surface area contributed by atoms with Crippen LogP contribution in [0.15, 0.2) is 53.4 Å². The van der Waals surface area contributed by atoms with E-state index >= 15 is 0 Å². The molecule has 1 fully saturated rings. The van der Waals surface area contributed by atoms with Crippen molar-refractivity contribution >= 4 is 29.3 Å². The van der Waals surface area contributed by atoms with Crippen molar-refractivity contribution in [3.05, 3.63) is 65.9 Å². The highest BCUT2D eigenvalue weighted by Gasteiger charge is 2.48. The molecule has 0 unspecified atom stereocenters. The van der Waals surface area contributed by atoms with Gasteiger partial charge in [-0.2, -0.15) is 0 Å². The van der Waals surface area contributed by atoms with Crippen LogP contribution >= 0.6 is 11.8 Å². The minimum absolute atomic E-state index is 0.0235. The van der Waals surface area contributed by atoms with Crippen LogP contribution in [0.25, 0.3) is 11.4 Å². The van der Waals surface area contributed by atoms with Gasteiger partial charge >= 0.3 is 6.03 Å². The van der Waals surface area contributed by atoms with Gasteiger partial charge in [-0.3, -0.25) is 0 Å². The molecule has 0 radical (unpaired) electrons. The second-order valence-electron chi connectivity index (χ2n) is 7.54. The summed E-state index contributed by atoms with van der Waals surface area (Å²) >= 11 is 1.14. The molecule has 1 saturated carbocycles. The lowest BCUT2D eigenvalue weighted by atomic mass is 10.1. The third-order valence-corrected chi connectivity index (χ3v) is 6.76.